The number of hydrogen-bond donors (Lipinski definition) is 1. The van der Waals surface area contributed by atoms with Crippen LogP contribution in [-0.2, 0) is 32.4 Å². The molecule has 0 saturated carbocycles. The van der Waals surface area contributed by atoms with Crippen LogP contribution in [0, 0.1) is 0 Å². The van der Waals surface area contributed by atoms with Crippen LogP contribution < -0.4 is 9.62 Å². The van der Waals surface area contributed by atoms with E-state index in [1.165, 1.54) is 4.31 Å². The first-order valence-electron chi connectivity index (χ1n) is 10.6. The van der Waals surface area contributed by atoms with Crippen LogP contribution in [0.5, 0.6) is 0 Å². The standard InChI is InChI=1S/C23H30N2O4S/c1-2-29-18-6-16-24-23(26)15-12-19-10-13-21(14-11-19)30(27,28)25-17-5-8-20-7-3-4-9-22(20)25/h3-4,7,9-11,13-14H,2,5-6,8,12,15-18H2,1H3,(H,24,26). The average Bonchev–Trinajstić information content (AvgIpc) is 2.77. The zero-order chi connectivity index (χ0) is 21.4. The minimum absolute atomic E-state index is 0.00637. The molecule has 6 nitrogen and oxygen atoms in total. The van der Waals surface area contributed by atoms with E-state index in [0.29, 0.717) is 39.1 Å². The number of carbonyl (C=O) groups is 1. The Morgan fingerprint density at radius 3 is 2.67 bits per heavy atom. The second-order valence-electron chi connectivity index (χ2n) is 7.35. The Morgan fingerprint density at radius 2 is 1.90 bits per heavy atom. The highest BCUT2D eigenvalue weighted by Crippen LogP contribution is 2.31. The number of rotatable bonds is 10. The summed E-state index contributed by atoms with van der Waals surface area (Å²) in [5.41, 5.74) is 2.78. The Balaban J connectivity index is 1.57. The molecule has 0 unspecified atom stereocenters. The second-order valence-corrected chi connectivity index (χ2v) is 9.22. The van der Waals surface area contributed by atoms with Gasteiger partial charge in [-0.25, -0.2) is 8.42 Å². The summed E-state index contributed by atoms with van der Waals surface area (Å²) in [5.74, 6) is -0.00637. The van der Waals surface area contributed by atoms with Gasteiger partial charge in [-0.05, 0) is 61.9 Å². The smallest absolute Gasteiger partial charge is 0.264 e. The summed E-state index contributed by atoms with van der Waals surface area (Å²) in [5, 5.41) is 2.88. The van der Waals surface area contributed by atoms with Gasteiger partial charge in [0.2, 0.25) is 5.91 Å². The summed E-state index contributed by atoms with van der Waals surface area (Å²) in [7, 11) is -3.60. The van der Waals surface area contributed by atoms with Gasteiger partial charge in [0.25, 0.3) is 10.0 Å². The molecule has 0 aliphatic carbocycles. The molecule has 7 heteroatoms. The average molecular weight is 431 g/mol. The van der Waals surface area contributed by atoms with Gasteiger partial charge < -0.3 is 10.1 Å². The summed E-state index contributed by atoms with van der Waals surface area (Å²) in [6.07, 6.45) is 3.46. The zero-order valence-corrected chi connectivity index (χ0v) is 18.3. The van der Waals surface area contributed by atoms with Crippen molar-refractivity contribution >= 4 is 21.6 Å². The molecule has 2 aromatic rings. The zero-order valence-electron chi connectivity index (χ0n) is 17.5. The molecule has 1 amide bonds. The lowest BCUT2D eigenvalue weighted by Gasteiger charge is -2.30. The van der Waals surface area contributed by atoms with Gasteiger partial charge in [0.1, 0.15) is 0 Å². The summed E-state index contributed by atoms with van der Waals surface area (Å²) in [6.45, 7) is 4.37. The predicted molar refractivity (Wildman–Crippen MR) is 118 cm³/mol. The molecule has 0 atom stereocenters. The SMILES string of the molecule is CCOCCCNC(=O)CCc1ccc(S(=O)(=O)N2CCCc3ccccc32)cc1. The third-order valence-corrected chi connectivity index (χ3v) is 7.04. The summed E-state index contributed by atoms with van der Waals surface area (Å²) in [4.78, 5) is 12.2. The molecule has 0 saturated heterocycles. The molecule has 0 spiro atoms. The Labute approximate surface area is 179 Å². The van der Waals surface area contributed by atoms with E-state index in [0.717, 1.165) is 36.1 Å². The molecule has 0 bridgehead atoms. The van der Waals surface area contributed by atoms with Gasteiger partial charge in [-0.1, -0.05) is 30.3 Å². The monoisotopic (exact) mass is 430 g/mol. The van der Waals surface area contributed by atoms with Gasteiger partial charge in [-0.3, -0.25) is 9.10 Å². The lowest BCUT2D eigenvalue weighted by molar-refractivity contribution is -0.121. The molecule has 30 heavy (non-hydrogen) atoms. The van der Waals surface area contributed by atoms with E-state index in [4.69, 9.17) is 4.74 Å². The highest BCUT2D eigenvalue weighted by molar-refractivity contribution is 7.92. The van der Waals surface area contributed by atoms with E-state index < -0.39 is 10.0 Å². The van der Waals surface area contributed by atoms with Crippen LogP contribution in [0.25, 0.3) is 0 Å². The lowest BCUT2D eigenvalue weighted by atomic mass is 10.0. The molecular formula is C23H30N2O4S. The molecule has 2 aromatic carbocycles. The molecule has 0 aromatic heterocycles. The molecule has 3 rings (SSSR count). The summed E-state index contributed by atoms with van der Waals surface area (Å²) >= 11 is 0. The summed E-state index contributed by atoms with van der Waals surface area (Å²) < 4.78 is 33.1. The number of amides is 1. The van der Waals surface area contributed by atoms with E-state index in [9.17, 15) is 13.2 Å². The van der Waals surface area contributed by atoms with Gasteiger partial charge in [0, 0.05) is 32.7 Å². The number of carbonyl (C=O) groups excluding carboxylic acids is 1. The topological polar surface area (TPSA) is 75.7 Å². The van der Waals surface area contributed by atoms with E-state index in [-0.39, 0.29) is 10.8 Å². The Bertz CT molecular complexity index is 942. The fraction of sp³-hybridized carbons (Fsp3) is 0.435. The minimum Gasteiger partial charge on any atom is -0.382 e. The first-order chi connectivity index (χ1) is 14.5. The number of anilines is 1. The predicted octanol–water partition coefficient (Wildman–Crippen LogP) is 3.30. The van der Waals surface area contributed by atoms with Crippen molar-refractivity contribution in [2.24, 2.45) is 0 Å². The molecule has 1 N–H and O–H groups in total. The second kappa shape index (κ2) is 10.6. The number of nitrogens with one attached hydrogen (secondary N) is 1. The van der Waals surface area contributed by atoms with Crippen molar-refractivity contribution in [3.63, 3.8) is 0 Å². The maximum atomic E-state index is 13.2. The molecular weight excluding hydrogens is 400 g/mol. The fourth-order valence-electron chi connectivity index (χ4n) is 3.60. The van der Waals surface area contributed by atoms with Gasteiger partial charge in [-0.15, -0.1) is 0 Å². The summed E-state index contributed by atoms with van der Waals surface area (Å²) in [6, 6.07) is 14.5. The Morgan fingerprint density at radius 1 is 1.13 bits per heavy atom. The third-order valence-electron chi connectivity index (χ3n) is 5.21. The number of aryl methyl sites for hydroxylation is 2. The van der Waals surface area contributed by atoms with Gasteiger partial charge in [-0.2, -0.15) is 0 Å². The van der Waals surface area contributed by atoms with Crippen molar-refractivity contribution in [2.45, 2.75) is 43.9 Å². The van der Waals surface area contributed by atoms with Crippen LogP contribution in [-0.4, -0.2) is 40.6 Å². The maximum absolute atomic E-state index is 13.2. The van der Waals surface area contributed by atoms with Gasteiger partial charge in [0.15, 0.2) is 0 Å². The van der Waals surface area contributed by atoms with Crippen LogP contribution in [0.4, 0.5) is 5.69 Å². The van der Waals surface area contributed by atoms with Crippen molar-refractivity contribution in [1.82, 2.24) is 5.32 Å². The minimum atomic E-state index is -3.60. The van der Waals surface area contributed by atoms with Crippen LogP contribution in [0.15, 0.2) is 53.4 Å². The fourth-order valence-corrected chi connectivity index (χ4v) is 5.14. The van der Waals surface area contributed by atoms with Crippen molar-refractivity contribution in [1.29, 1.82) is 0 Å². The maximum Gasteiger partial charge on any atom is 0.264 e. The number of nitrogens with zero attached hydrogens (tertiary/aromatic N) is 1. The molecule has 1 aliphatic rings. The first-order valence-corrected chi connectivity index (χ1v) is 12.0. The van der Waals surface area contributed by atoms with Crippen LogP contribution in [0.1, 0.15) is 37.3 Å². The van der Waals surface area contributed by atoms with E-state index >= 15 is 0 Å². The third kappa shape index (κ3) is 5.61. The number of para-hydroxylation sites is 1. The molecule has 1 aliphatic heterocycles. The highest BCUT2D eigenvalue weighted by Gasteiger charge is 2.28. The Kier molecular flexibility index (Phi) is 7.87. The molecule has 0 radical (unpaired) electrons. The molecule has 162 valence electrons. The largest absolute Gasteiger partial charge is 0.382 e. The number of sulfonamides is 1. The first kappa shape index (κ1) is 22.3. The number of hydrogen-bond acceptors (Lipinski definition) is 4. The van der Waals surface area contributed by atoms with Crippen LogP contribution in [0.3, 0.4) is 0 Å². The quantitative estimate of drug-likeness (QED) is 0.587. The van der Waals surface area contributed by atoms with Crippen molar-refractivity contribution in [2.75, 3.05) is 30.6 Å². The van der Waals surface area contributed by atoms with Gasteiger partial charge >= 0.3 is 0 Å². The molecule has 0 fully saturated rings. The van der Waals surface area contributed by atoms with E-state index in [1.807, 2.05) is 31.2 Å². The van der Waals surface area contributed by atoms with Crippen LogP contribution >= 0.6 is 0 Å². The number of benzene rings is 2. The number of ether oxygens (including phenoxy) is 1. The van der Waals surface area contributed by atoms with Crippen molar-refractivity contribution in [3.8, 4) is 0 Å². The lowest BCUT2D eigenvalue weighted by Crippen LogP contribution is -2.35. The van der Waals surface area contributed by atoms with Crippen LogP contribution in [0.2, 0.25) is 0 Å². The Hall–Kier alpha value is -2.38. The van der Waals surface area contributed by atoms with Gasteiger partial charge in [0.05, 0.1) is 10.6 Å². The van der Waals surface area contributed by atoms with E-state index in [2.05, 4.69) is 5.32 Å². The number of fused-ring (bicyclic) bond motifs is 1. The highest BCUT2D eigenvalue weighted by atomic mass is 32.2. The van der Waals surface area contributed by atoms with Crippen molar-refractivity contribution in [3.05, 3.63) is 59.7 Å². The van der Waals surface area contributed by atoms with E-state index in [1.54, 1.807) is 24.3 Å². The van der Waals surface area contributed by atoms with Crippen molar-refractivity contribution < 1.29 is 17.9 Å². The molecule has 1 heterocycles. The normalized spacial score (nSPS) is 13.7.